The highest BCUT2D eigenvalue weighted by atomic mass is 32.2. The van der Waals surface area contributed by atoms with Crippen LogP contribution in [0.25, 0.3) is 0 Å². The number of hydrogen-bond donors (Lipinski definition) is 2. The summed E-state index contributed by atoms with van der Waals surface area (Å²) in [5, 5.41) is 14.9. The summed E-state index contributed by atoms with van der Waals surface area (Å²) in [6.45, 7) is 1.70. The van der Waals surface area contributed by atoms with Crippen LogP contribution in [0.3, 0.4) is 0 Å². The van der Waals surface area contributed by atoms with Gasteiger partial charge in [0.2, 0.25) is 11.1 Å². The number of carbonyl (C=O) groups excluding carboxylic acids is 1. The van der Waals surface area contributed by atoms with Crippen LogP contribution in [0.2, 0.25) is 0 Å². The number of thioether (sulfide) groups is 1. The van der Waals surface area contributed by atoms with Gasteiger partial charge < -0.3 is 10.1 Å². The normalized spacial score (nSPS) is 13.6. The minimum absolute atomic E-state index is 0.0800. The predicted molar refractivity (Wildman–Crippen MR) is 120 cm³/mol. The zero-order valence-corrected chi connectivity index (χ0v) is 19.1. The Hall–Kier alpha value is -3.12. The first-order chi connectivity index (χ1) is 15.4. The fourth-order valence-electron chi connectivity index (χ4n) is 2.99. The second-order valence-electron chi connectivity index (χ2n) is 7.29. The van der Waals surface area contributed by atoms with Gasteiger partial charge >= 0.3 is 0 Å². The lowest BCUT2D eigenvalue weighted by Gasteiger charge is -2.13. The van der Waals surface area contributed by atoms with Gasteiger partial charge in [0.1, 0.15) is 5.75 Å². The first-order valence-corrected chi connectivity index (χ1v) is 12.3. The maximum atomic E-state index is 12.9. The summed E-state index contributed by atoms with van der Waals surface area (Å²) in [5.41, 5.74) is 1.35. The molecule has 0 aliphatic heterocycles. The van der Waals surface area contributed by atoms with Gasteiger partial charge in [0, 0.05) is 11.4 Å². The van der Waals surface area contributed by atoms with Gasteiger partial charge in [-0.3, -0.25) is 9.52 Å². The second-order valence-corrected chi connectivity index (χ2v) is 9.88. The number of rotatable bonds is 9. The van der Waals surface area contributed by atoms with Crippen molar-refractivity contribution in [2.24, 2.45) is 0 Å². The van der Waals surface area contributed by atoms with E-state index in [1.54, 1.807) is 48.0 Å². The van der Waals surface area contributed by atoms with Crippen LogP contribution < -0.4 is 14.8 Å². The van der Waals surface area contributed by atoms with Gasteiger partial charge in [0.25, 0.3) is 10.0 Å². The Morgan fingerprint density at radius 3 is 2.59 bits per heavy atom. The number of sulfonamides is 1. The van der Waals surface area contributed by atoms with Crippen LogP contribution >= 0.6 is 11.8 Å². The molecule has 0 atom stereocenters. The van der Waals surface area contributed by atoms with Crippen LogP contribution in [0.15, 0.2) is 52.5 Å². The monoisotopic (exact) mass is 474 g/mol. The van der Waals surface area contributed by atoms with E-state index in [-0.39, 0.29) is 16.6 Å². The molecule has 168 valence electrons. The average molecular weight is 475 g/mol. The van der Waals surface area contributed by atoms with Gasteiger partial charge in [-0.15, -0.1) is 5.10 Å². The zero-order valence-electron chi connectivity index (χ0n) is 17.5. The van der Waals surface area contributed by atoms with Gasteiger partial charge in [0.05, 0.1) is 23.8 Å². The minimum atomic E-state index is -3.86. The molecule has 0 unspecified atom stereocenters. The summed E-state index contributed by atoms with van der Waals surface area (Å²) in [6, 6.07) is 11.6. The highest BCUT2D eigenvalue weighted by Gasteiger charge is 2.28. The Balaban J connectivity index is 1.42. The number of tetrazole rings is 1. The number of aromatic nitrogens is 4. The Bertz CT molecular complexity index is 1220. The number of benzene rings is 2. The maximum absolute atomic E-state index is 12.9. The summed E-state index contributed by atoms with van der Waals surface area (Å²) in [6.07, 6.45) is 2.08. The number of carbonyl (C=O) groups is 1. The van der Waals surface area contributed by atoms with Crippen molar-refractivity contribution >= 4 is 39.1 Å². The van der Waals surface area contributed by atoms with Crippen LogP contribution in [-0.4, -0.2) is 47.4 Å². The van der Waals surface area contributed by atoms with Crippen molar-refractivity contribution in [2.45, 2.75) is 35.9 Å². The van der Waals surface area contributed by atoms with Crippen molar-refractivity contribution in [2.75, 3.05) is 22.9 Å². The summed E-state index contributed by atoms with van der Waals surface area (Å²) >= 11 is 1.24. The summed E-state index contributed by atoms with van der Waals surface area (Å²) in [4.78, 5) is 12.5. The lowest BCUT2D eigenvalue weighted by atomic mass is 10.2. The van der Waals surface area contributed by atoms with E-state index in [0.717, 1.165) is 12.8 Å². The van der Waals surface area contributed by atoms with E-state index in [9.17, 15) is 13.2 Å². The van der Waals surface area contributed by atoms with Crippen molar-refractivity contribution in [3.63, 3.8) is 0 Å². The number of nitrogens with zero attached hydrogens (tertiary/aromatic N) is 4. The molecule has 1 aliphatic rings. The van der Waals surface area contributed by atoms with Gasteiger partial charge in [-0.1, -0.05) is 17.8 Å². The molecule has 1 fully saturated rings. The van der Waals surface area contributed by atoms with Crippen molar-refractivity contribution in [1.29, 1.82) is 0 Å². The fraction of sp³-hybridized carbons (Fsp3) is 0.300. The summed E-state index contributed by atoms with van der Waals surface area (Å²) in [5.74, 6) is 0.446. The van der Waals surface area contributed by atoms with Crippen LogP contribution in [0.4, 0.5) is 11.4 Å². The highest BCUT2D eigenvalue weighted by molar-refractivity contribution is 7.99. The number of amides is 1. The van der Waals surface area contributed by atoms with Crippen LogP contribution in [0.5, 0.6) is 5.75 Å². The standard InChI is InChI=1S/C20H22N6O4S2/c1-13-3-4-15(21-19(27)12-31-20-22-24-25-26(20)16-7-8-16)11-18(13)32(28,29)23-14-5-9-17(30-2)10-6-14/h3-6,9-11,16,23H,7-8,12H2,1-2H3,(H,21,27). The minimum Gasteiger partial charge on any atom is -0.497 e. The van der Waals surface area contributed by atoms with Crippen molar-refractivity contribution in [1.82, 2.24) is 20.2 Å². The average Bonchev–Trinajstić information content (AvgIpc) is 3.51. The summed E-state index contributed by atoms with van der Waals surface area (Å²) in [7, 11) is -2.32. The molecule has 2 N–H and O–H groups in total. The number of nitrogens with one attached hydrogen (secondary N) is 2. The molecule has 0 bridgehead atoms. The third kappa shape index (κ3) is 5.19. The maximum Gasteiger partial charge on any atom is 0.262 e. The van der Waals surface area contributed by atoms with E-state index in [1.807, 2.05) is 0 Å². The molecule has 0 radical (unpaired) electrons. The third-order valence-corrected chi connectivity index (χ3v) is 7.25. The van der Waals surface area contributed by atoms with Crippen LogP contribution in [0, 0.1) is 6.92 Å². The number of methoxy groups -OCH3 is 1. The highest BCUT2D eigenvalue weighted by Crippen LogP contribution is 2.36. The van der Waals surface area contributed by atoms with Crippen LogP contribution in [0.1, 0.15) is 24.4 Å². The van der Waals surface area contributed by atoms with Gasteiger partial charge in [-0.05, 0) is 72.2 Å². The fourth-order valence-corrected chi connectivity index (χ4v) is 5.07. The molecular weight excluding hydrogens is 452 g/mol. The van der Waals surface area contributed by atoms with Gasteiger partial charge in [-0.2, -0.15) is 0 Å². The molecule has 1 aromatic heterocycles. The largest absolute Gasteiger partial charge is 0.497 e. The molecule has 1 heterocycles. The Morgan fingerprint density at radius 2 is 1.91 bits per heavy atom. The number of hydrogen-bond acceptors (Lipinski definition) is 8. The van der Waals surface area contributed by atoms with E-state index < -0.39 is 10.0 Å². The molecule has 1 aliphatic carbocycles. The molecule has 32 heavy (non-hydrogen) atoms. The first-order valence-electron chi connectivity index (χ1n) is 9.84. The Morgan fingerprint density at radius 1 is 1.19 bits per heavy atom. The van der Waals surface area contributed by atoms with Gasteiger partial charge in [-0.25, -0.2) is 13.1 Å². The number of ether oxygens (including phenoxy) is 1. The van der Waals surface area contributed by atoms with Crippen molar-refractivity contribution in [3.8, 4) is 5.75 Å². The molecule has 12 heteroatoms. The molecule has 1 saturated carbocycles. The van der Waals surface area contributed by atoms with E-state index in [2.05, 4.69) is 25.6 Å². The third-order valence-electron chi connectivity index (χ3n) is 4.79. The molecule has 0 saturated heterocycles. The topological polar surface area (TPSA) is 128 Å². The molecule has 0 spiro atoms. The SMILES string of the molecule is COc1ccc(NS(=O)(=O)c2cc(NC(=O)CSc3nnnn3C3CC3)ccc2C)cc1. The number of aryl methyl sites for hydroxylation is 1. The molecule has 1 amide bonds. The van der Waals surface area contributed by atoms with Crippen molar-refractivity contribution in [3.05, 3.63) is 48.0 Å². The van der Waals surface area contributed by atoms with E-state index in [0.29, 0.717) is 33.9 Å². The lowest BCUT2D eigenvalue weighted by Crippen LogP contribution is -2.17. The molecule has 2 aromatic carbocycles. The second kappa shape index (κ2) is 9.17. The van der Waals surface area contributed by atoms with E-state index in [1.165, 1.54) is 24.9 Å². The van der Waals surface area contributed by atoms with E-state index in [4.69, 9.17) is 4.74 Å². The molecule has 10 nitrogen and oxygen atoms in total. The lowest BCUT2D eigenvalue weighted by molar-refractivity contribution is -0.113. The molecular formula is C20H22N6O4S2. The number of anilines is 2. The summed E-state index contributed by atoms with van der Waals surface area (Å²) < 4.78 is 35.2. The van der Waals surface area contributed by atoms with Crippen molar-refractivity contribution < 1.29 is 17.9 Å². The van der Waals surface area contributed by atoms with E-state index >= 15 is 0 Å². The predicted octanol–water partition coefficient (Wildman–Crippen LogP) is 2.86. The molecule has 4 rings (SSSR count). The molecule has 3 aromatic rings. The Labute approximate surface area is 189 Å². The van der Waals surface area contributed by atoms with Gasteiger partial charge in [0.15, 0.2) is 0 Å². The van der Waals surface area contributed by atoms with Crippen LogP contribution in [-0.2, 0) is 14.8 Å². The smallest absolute Gasteiger partial charge is 0.262 e. The first kappa shape index (κ1) is 22.1. The zero-order chi connectivity index (χ0) is 22.7. The Kier molecular flexibility index (Phi) is 6.33. The quantitative estimate of drug-likeness (QED) is 0.453.